The van der Waals surface area contributed by atoms with Crippen LogP contribution >= 0.6 is 95.6 Å². The molecule has 0 spiro atoms. The summed E-state index contributed by atoms with van der Waals surface area (Å²) < 4.78 is 27.3. The third-order valence-corrected chi connectivity index (χ3v) is 9.75. The van der Waals surface area contributed by atoms with Gasteiger partial charge in [0.05, 0.1) is 9.79 Å². The second-order valence-corrected chi connectivity index (χ2v) is 10.9. The fourth-order valence-corrected chi connectivity index (χ4v) is 8.81. The molecule has 0 saturated carbocycles. The van der Waals surface area contributed by atoms with E-state index < -0.39 is 9.84 Å². The predicted molar refractivity (Wildman–Crippen MR) is 134 cm³/mol. The maximum absolute atomic E-state index is 13.6. The summed E-state index contributed by atoms with van der Waals surface area (Å²) in [4.78, 5) is 0.709. The molecular weight excluding hydrogens is 760 g/mol. The molecule has 9 heteroatoms. The van der Waals surface area contributed by atoms with E-state index in [1.807, 2.05) is 12.1 Å². The molecule has 0 radical (unpaired) electrons. The van der Waals surface area contributed by atoms with Crippen LogP contribution < -0.4 is 0 Å². The molecule has 0 heterocycles. The Labute approximate surface area is 211 Å². The Hall–Kier alpha value is 1.27. The lowest BCUT2D eigenvalue weighted by Gasteiger charge is -2.19. The number of hydrogen-bond donors (Lipinski definition) is 0. The zero-order valence-corrected chi connectivity index (χ0v) is 24.4. The molecule has 0 aromatic heterocycles. The minimum absolute atomic E-state index is 0.354. The Balaban J connectivity index is 2.81. The van der Waals surface area contributed by atoms with Crippen molar-refractivity contribution < 1.29 is 8.42 Å². The standard InChI is InChI=1S/C18H16Br6O2S/c19-5-11-1-3-17(15(9-23)13(11)7-21)27(25,26)18-4-2-12(6-20)14(8-22)16(18)10-24/h1-4H,5-10H2. The normalized spacial score (nSPS) is 11.8. The van der Waals surface area contributed by atoms with Crippen molar-refractivity contribution in [2.45, 2.75) is 41.8 Å². The van der Waals surface area contributed by atoms with Crippen LogP contribution in [-0.4, -0.2) is 8.42 Å². The average Bonchev–Trinajstić information content (AvgIpc) is 2.70. The highest BCUT2D eigenvalue weighted by Crippen LogP contribution is 2.36. The third-order valence-electron chi connectivity index (χ3n) is 4.37. The van der Waals surface area contributed by atoms with Gasteiger partial charge in [0.25, 0.3) is 0 Å². The first-order valence-electron chi connectivity index (χ1n) is 7.79. The maximum atomic E-state index is 13.6. The first-order valence-corrected chi connectivity index (χ1v) is 16.0. The second-order valence-electron chi connectivity index (χ2n) is 5.67. The highest BCUT2D eigenvalue weighted by atomic mass is 79.9. The van der Waals surface area contributed by atoms with E-state index in [0.29, 0.717) is 41.8 Å². The molecule has 2 rings (SSSR count). The monoisotopic (exact) mass is 770 g/mol. The van der Waals surface area contributed by atoms with Gasteiger partial charge in [-0.05, 0) is 45.5 Å². The van der Waals surface area contributed by atoms with Crippen molar-refractivity contribution in [1.82, 2.24) is 0 Å². The number of sulfone groups is 1. The molecule has 0 fully saturated rings. The van der Waals surface area contributed by atoms with Gasteiger partial charge in [-0.2, -0.15) is 0 Å². The van der Waals surface area contributed by atoms with E-state index in [1.54, 1.807) is 12.1 Å². The van der Waals surface area contributed by atoms with E-state index in [4.69, 9.17) is 0 Å². The van der Waals surface area contributed by atoms with E-state index in [2.05, 4.69) is 95.6 Å². The number of halogens is 6. The van der Waals surface area contributed by atoms with E-state index in [1.165, 1.54) is 0 Å². The fourth-order valence-electron chi connectivity index (χ4n) is 2.94. The van der Waals surface area contributed by atoms with Crippen LogP contribution in [0.3, 0.4) is 0 Å². The molecule has 0 bridgehead atoms. The van der Waals surface area contributed by atoms with Gasteiger partial charge in [0.2, 0.25) is 9.84 Å². The van der Waals surface area contributed by atoms with Crippen molar-refractivity contribution in [3.63, 3.8) is 0 Å². The molecule has 0 N–H and O–H groups in total. The van der Waals surface area contributed by atoms with Gasteiger partial charge in [-0.3, -0.25) is 0 Å². The summed E-state index contributed by atoms with van der Waals surface area (Å²) >= 11 is 21.0. The molecule has 0 aliphatic rings. The fraction of sp³-hybridized carbons (Fsp3) is 0.333. The Morgan fingerprint density at radius 1 is 0.519 bits per heavy atom. The summed E-state index contributed by atoms with van der Waals surface area (Å²) in [5.74, 6) is 0. The van der Waals surface area contributed by atoms with Crippen LogP contribution in [0.5, 0.6) is 0 Å². The van der Waals surface area contributed by atoms with Gasteiger partial charge in [-0.15, -0.1) is 0 Å². The number of benzene rings is 2. The highest BCUT2D eigenvalue weighted by Gasteiger charge is 2.27. The van der Waals surface area contributed by atoms with Gasteiger partial charge in [0.1, 0.15) is 0 Å². The van der Waals surface area contributed by atoms with Gasteiger partial charge < -0.3 is 0 Å². The first-order chi connectivity index (χ1) is 12.9. The van der Waals surface area contributed by atoms with E-state index in [-0.39, 0.29) is 0 Å². The predicted octanol–water partition coefficient (Wildman–Crippen LogP) is 7.89. The van der Waals surface area contributed by atoms with Gasteiger partial charge in [-0.25, -0.2) is 8.42 Å². The molecular formula is C18H16Br6O2S. The first kappa shape index (κ1) is 24.5. The van der Waals surface area contributed by atoms with Gasteiger partial charge >= 0.3 is 0 Å². The van der Waals surface area contributed by atoms with Crippen molar-refractivity contribution in [2.75, 3.05) is 0 Å². The lowest BCUT2D eigenvalue weighted by atomic mass is 10.0. The van der Waals surface area contributed by atoms with Crippen molar-refractivity contribution in [1.29, 1.82) is 0 Å². The zero-order chi connectivity index (χ0) is 20.2. The Morgan fingerprint density at radius 3 is 1.11 bits per heavy atom. The minimum Gasteiger partial charge on any atom is -0.218 e. The molecule has 2 aromatic carbocycles. The van der Waals surface area contributed by atoms with Crippen LogP contribution in [-0.2, 0) is 41.8 Å². The SMILES string of the molecule is O=S(=O)(c1ccc(CBr)c(CBr)c1CBr)c1ccc(CBr)c(CBr)c1CBr. The summed E-state index contributed by atoms with van der Waals surface area (Å²) in [5.41, 5.74) is 5.77. The second kappa shape index (κ2) is 11.0. The average molecular weight is 776 g/mol. The van der Waals surface area contributed by atoms with Crippen LogP contribution in [0.15, 0.2) is 34.1 Å². The molecule has 0 atom stereocenters. The van der Waals surface area contributed by atoms with Crippen molar-refractivity contribution in [3.8, 4) is 0 Å². The quantitative estimate of drug-likeness (QED) is 0.256. The largest absolute Gasteiger partial charge is 0.218 e. The van der Waals surface area contributed by atoms with Crippen molar-refractivity contribution in [3.05, 3.63) is 57.6 Å². The number of alkyl halides is 6. The van der Waals surface area contributed by atoms with E-state index >= 15 is 0 Å². The molecule has 0 unspecified atom stereocenters. The summed E-state index contributed by atoms with van der Waals surface area (Å²) in [6, 6.07) is 7.21. The van der Waals surface area contributed by atoms with E-state index in [0.717, 1.165) is 33.4 Å². The molecule has 0 amide bonds. The zero-order valence-electron chi connectivity index (χ0n) is 14.0. The van der Waals surface area contributed by atoms with Crippen molar-refractivity contribution >= 4 is 105 Å². The lowest BCUT2D eigenvalue weighted by molar-refractivity contribution is 0.594. The summed E-state index contributed by atoms with van der Waals surface area (Å²) in [7, 11) is -3.67. The topological polar surface area (TPSA) is 34.1 Å². The molecule has 27 heavy (non-hydrogen) atoms. The molecule has 2 nitrogen and oxygen atoms in total. The van der Waals surface area contributed by atoms with E-state index in [9.17, 15) is 8.42 Å². The van der Waals surface area contributed by atoms with Crippen LogP contribution in [0.25, 0.3) is 0 Å². The van der Waals surface area contributed by atoms with Crippen LogP contribution in [0.1, 0.15) is 33.4 Å². The van der Waals surface area contributed by atoms with Crippen LogP contribution in [0, 0.1) is 0 Å². The number of hydrogen-bond acceptors (Lipinski definition) is 2. The summed E-state index contributed by atoms with van der Waals surface area (Å²) in [5, 5.41) is 3.48. The van der Waals surface area contributed by atoms with Gasteiger partial charge in [0.15, 0.2) is 0 Å². The third kappa shape index (κ3) is 4.96. The molecule has 148 valence electrons. The molecule has 0 aliphatic heterocycles. The Kier molecular flexibility index (Phi) is 10.0. The van der Waals surface area contributed by atoms with Crippen LogP contribution in [0.2, 0.25) is 0 Å². The molecule has 0 saturated heterocycles. The highest BCUT2D eigenvalue weighted by molar-refractivity contribution is 9.09. The molecule has 0 aliphatic carbocycles. The van der Waals surface area contributed by atoms with Crippen molar-refractivity contribution in [2.24, 2.45) is 0 Å². The summed E-state index contributed by atoms with van der Waals surface area (Å²) in [6.07, 6.45) is 0. The minimum atomic E-state index is -3.67. The van der Waals surface area contributed by atoms with Gasteiger partial charge in [-0.1, -0.05) is 108 Å². The molecule has 2 aromatic rings. The Morgan fingerprint density at radius 2 is 0.852 bits per heavy atom. The summed E-state index contributed by atoms with van der Waals surface area (Å²) in [6.45, 7) is 0. The number of rotatable bonds is 8. The lowest BCUT2D eigenvalue weighted by Crippen LogP contribution is -2.12. The van der Waals surface area contributed by atoms with Crippen LogP contribution in [0.4, 0.5) is 0 Å². The smallest absolute Gasteiger partial charge is 0.207 e. The van der Waals surface area contributed by atoms with Gasteiger partial charge in [0, 0.05) is 32.0 Å². The maximum Gasteiger partial charge on any atom is 0.207 e. The Bertz CT molecular complexity index is 858.